The highest BCUT2D eigenvalue weighted by Crippen LogP contribution is 2.03. The van der Waals surface area contributed by atoms with Gasteiger partial charge in [0.05, 0.1) is 40.6 Å². The molecule has 2 aliphatic heterocycles. The molecule has 0 unspecified atom stereocenters. The Balaban J connectivity index is 0. The summed E-state index contributed by atoms with van der Waals surface area (Å²) in [6.07, 6.45) is 17.1. The fraction of sp³-hybridized carbons (Fsp3) is 0.429. The molecule has 2 rings (SSSR count). The van der Waals surface area contributed by atoms with Gasteiger partial charge in [-0.25, -0.2) is 0 Å². The maximum atomic E-state index is 2.18. The number of nitrogens with zero attached hydrogens (tertiary/aromatic N) is 2. The molecule has 0 aliphatic carbocycles. The fourth-order valence-corrected chi connectivity index (χ4v) is 1.51. The van der Waals surface area contributed by atoms with E-state index in [1.807, 2.05) is 0 Å². The summed E-state index contributed by atoms with van der Waals surface area (Å²) in [5, 5.41) is 0. The number of allylic oxidation sites excluding steroid dienone is 4. The van der Waals surface area contributed by atoms with E-state index in [1.54, 1.807) is 0 Å². The van der Waals surface area contributed by atoms with Crippen LogP contribution in [-0.2, 0) is 0 Å². The van der Waals surface area contributed by atoms with Crippen molar-refractivity contribution < 1.29 is 33.8 Å². The summed E-state index contributed by atoms with van der Waals surface area (Å²) in [4.78, 5) is 0. The van der Waals surface area contributed by atoms with Gasteiger partial charge in [-0.15, -0.1) is 0 Å². The van der Waals surface area contributed by atoms with Gasteiger partial charge in [0.1, 0.15) is 13.1 Å². The molecule has 0 aromatic heterocycles. The van der Waals surface area contributed by atoms with Crippen molar-refractivity contribution in [2.75, 3.05) is 41.3 Å². The molecule has 0 saturated heterocycles. The van der Waals surface area contributed by atoms with Crippen LogP contribution in [0.25, 0.3) is 0 Å². The Hall–Kier alpha value is -0.540. The van der Waals surface area contributed by atoms with Crippen LogP contribution in [0.1, 0.15) is 0 Å². The molecule has 2 heterocycles. The Morgan fingerprint density at radius 2 is 0.944 bits per heavy atom. The first kappa shape index (κ1) is 19.8. The van der Waals surface area contributed by atoms with E-state index >= 15 is 0 Å². The van der Waals surface area contributed by atoms with E-state index < -0.39 is 0 Å². The molecular weight excluding hydrogens is 267 g/mol. The summed E-state index contributed by atoms with van der Waals surface area (Å²) in [5.74, 6) is 0. The summed E-state index contributed by atoms with van der Waals surface area (Å²) < 4.78 is 1.97. The van der Waals surface area contributed by atoms with E-state index in [0.717, 1.165) is 22.1 Å². The Kier molecular flexibility index (Phi) is 9.39. The van der Waals surface area contributed by atoms with Crippen LogP contribution in [0.2, 0.25) is 0 Å². The molecule has 0 spiro atoms. The predicted octanol–water partition coefficient (Wildman–Crippen LogP) is -3.70. The lowest BCUT2D eigenvalue weighted by Gasteiger charge is -2.24. The molecule has 18 heavy (non-hydrogen) atoms. The van der Waals surface area contributed by atoms with Crippen LogP contribution >= 0.6 is 0 Å². The summed E-state index contributed by atoms with van der Waals surface area (Å²) in [6.45, 7) is 2.24. The van der Waals surface area contributed by atoms with E-state index in [-0.39, 0.29) is 24.8 Å². The van der Waals surface area contributed by atoms with Crippen LogP contribution in [0, 0.1) is 0 Å². The molecule has 0 bridgehead atoms. The van der Waals surface area contributed by atoms with Crippen molar-refractivity contribution in [3.63, 3.8) is 0 Å². The Bertz CT molecular complexity index is 306. The van der Waals surface area contributed by atoms with Crippen LogP contribution in [0.3, 0.4) is 0 Å². The molecule has 104 valence electrons. The van der Waals surface area contributed by atoms with Crippen molar-refractivity contribution in [3.8, 4) is 0 Å². The second-order valence-electron chi connectivity index (χ2n) is 5.46. The van der Waals surface area contributed by atoms with Gasteiger partial charge in [0.25, 0.3) is 0 Å². The van der Waals surface area contributed by atoms with E-state index in [9.17, 15) is 0 Å². The van der Waals surface area contributed by atoms with E-state index in [2.05, 4.69) is 77.0 Å². The lowest BCUT2D eigenvalue weighted by atomic mass is 10.3. The number of rotatable bonds is 0. The number of likely N-dealkylation sites (N-methyl/N-ethyl adjacent to an activating group) is 2. The SMILES string of the molecule is C[N+]1(C)C=CC=CC1.C[N+]1(C)C=CC=CC1.[Cl-].[Cl-]. The molecule has 0 aromatic rings. The molecule has 2 nitrogen and oxygen atoms in total. The number of halogens is 2. The van der Waals surface area contributed by atoms with Gasteiger partial charge in [-0.1, -0.05) is 12.2 Å². The summed E-state index contributed by atoms with van der Waals surface area (Å²) >= 11 is 0. The first-order valence-electron chi connectivity index (χ1n) is 5.75. The molecule has 0 atom stereocenters. The third kappa shape index (κ3) is 8.54. The second-order valence-corrected chi connectivity index (χ2v) is 5.46. The molecule has 0 aromatic carbocycles. The molecule has 2 aliphatic rings. The fourth-order valence-electron chi connectivity index (χ4n) is 1.51. The first-order chi connectivity index (χ1) is 7.41. The lowest BCUT2D eigenvalue weighted by molar-refractivity contribution is -0.833. The number of hydrogen-bond donors (Lipinski definition) is 0. The zero-order valence-electron chi connectivity index (χ0n) is 11.7. The van der Waals surface area contributed by atoms with Gasteiger partial charge in [0.15, 0.2) is 0 Å². The van der Waals surface area contributed by atoms with Gasteiger partial charge >= 0.3 is 0 Å². The topological polar surface area (TPSA) is 0 Å². The molecule has 0 amide bonds. The van der Waals surface area contributed by atoms with Crippen molar-refractivity contribution in [2.24, 2.45) is 0 Å². The van der Waals surface area contributed by atoms with Crippen LogP contribution in [0.4, 0.5) is 0 Å². The van der Waals surface area contributed by atoms with Crippen molar-refractivity contribution in [1.82, 2.24) is 0 Å². The Morgan fingerprint density at radius 1 is 0.611 bits per heavy atom. The van der Waals surface area contributed by atoms with E-state index in [4.69, 9.17) is 0 Å². The summed E-state index contributed by atoms with van der Waals surface area (Å²) in [6, 6.07) is 0. The highest BCUT2D eigenvalue weighted by atomic mass is 35.5. The maximum absolute atomic E-state index is 2.18. The van der Waals surface area contributed by atoms with Crippen molar-refractivity contribution in [3.05, 3.63) is 48.9 Å². The molecular formula is C14H24Cl2N2. The molecule has 0 fully saturated rings. The largest absolute Gasteiger partial charge is 1.00 e. The minimum absolute atomic E-state index is 0. The van der Waals surface area contributed by atoms with Gasteiger partial charge < -0.3 is 24.8 Å². The van der Waals surface area contributed by atoms with Crippen LogP contribution in [0.5, 0.6) is 0 Å². The third-order valence-electron chi connectivity index (χ3n) is 2.63. The second kappa shape index (κ2) is 8.54. The summed E-state index contributed by atoms with van der Waals surface area (Å²) in [7, 11) is 8.72. The summed E-state index contributed by atoms with van der Waals surface area (Å²) in [5.41, 5.74) is 0. The van der Waals surface area contributed by atoms with Gasteiger partial charge in [0.2, 0.25) is 0 Å². The van der Waals surface area contributed by atoms with Gasteiger partial charge in [-0.2, -0.15) is 0 Å². The van der Waals surface area contributed by atoms with Crippen LogP contribution in [0.15, 0.2) is 48.9 Å². The maximum Gasteiger partial charge on any atom is 0.101 e. The quantitative estimate of drug-likeness (QED) is 0.403. The number of hydrogen-bond acceptors (Lipinski definition) is 0. The van der Waals surface area contributed by atoms with Gasteiger partial charge in [-0.05, 0) is 24.3 Å². The van der Waals surface area contributed by atoms with Crippen molar-refractivity contribution >= 4 is 0 Å². The molecule has 4 heteroatoms. The van der Waals surface area contributed by atoms with Crippen molar-refractivity contribution in [2.45, 2.75) is 0 Å². The molecule has 0 saturated carbocycles. The van der Waals surface area contributed by atoms with E-state index in [1.165, 1.54) is 0 Å². The Morgan fingerprint density at radius 3 is 1.06 bits per heavy atom. The highest BCUT2D eigenvalue weighted by Gasteiger charge is 2.09. The average Bonchev–Trinajstić information content (AvgIpc) is 2.17. The minimum Gasteiger partial charge on any atom is -1.00 e. The lowest BCUT2D eigenvalue weighted by Crippen LogP contribution is -3.00. The standard InChI is InChI=1S/2C7H12N.2ClH/c2*1-8(2)6-4-3-5-7-8;;/h2*3-6H,7H2,1-2H3;2*1H/q2*+1;;/p-2. The van der Waals surface area contributed by atoms with E-state index in [0.29, 0.717) is 0 Å². The zero-order valence-corrected chi connectivity index (χ0v) is 13.2. The highest BCUT2D eigenvalue weighted by molar-refractivity contribution is 5.03. The van der Waals surface area contributed by atoms with Crippen LogP contribution < -0.4 is 24.8 Å². The smallest absolute Gasteiger partial charge is 0.101 e. The van der Waals surface area contributed by atoms with Crippen LogP contribution in [-0.4, -0.2) is 50.2 Å². The van der Waals surface area contributed by atoms with Gasteiger partial charge in [0, 0.05) is 0 Å². The molecule has 0 N–H and O–H groups in total. The third-order valence-corrected chi connectivity index (χ3v) is 2.63. The predicted molar refractivity (Wildman–Crippen MR) is 70.5 cm³/mol. The van der Waals surface area contributed by atoms with Crippen molar-refractivity contribution in [1.29, 1.82) is 0 Å². The minimum atomic E-state index is 0. The zero-order chi connectivity index (χ0) is 12.1. The molecule has 0 radical (unpaired) electrons. The van der Waals surface area contributed by atoms with Gasteiger partial charge in [-0.3, -0.25) is 8.97 Å². The normalized spacial score (nSPS) is 21.1. The first-order valence-corrected chi connectivity index (χ1v) is 5.75. The number of quaternary nitrogens is 2. The monoisotopic (exact) mass is 290 g/mol. The Labute approximate surface area is 124 Å². The average molecular weight is 291 g/mol.